The first-order valence-corrected chi connectivity index (χ1v) is 9.99. The molecule has 0 aliphatic heterocycles. The third-order valence-electron chi connectivity index (χ3n) is 4.55. The molecule has 1 fully saturated rings. The van der Waals surface area contributed by atoms with Gasteiger partial charge in [-0.1, -0.05) is 6.07 Å². The molecule has 2 aromatic heterocycles. The van der Waals surface area contributed by atoms with E-state index in [0.717, 1.165) is 29.1 Å². The quantitative estimate of drug-likeness (QED) is 0.396. The molecule has 1 saturated carbocycles. The Balaban J connectivity index is 0.00000225. The van der Waals surface area contributed by atoms with Crippen molar-refractivity contribution in [1.29, 1.82) is 0 Å². The molecule has 1 aliphatic rings. The van der Waals surface area contributed by atoms with Crippen molar-refractivity contribution in [3.05, 3.63) is 35.8 Å². The summed E-state index contributed by atoms with van der Waals surface area (Å²) < 4.78 is 2.12. The lowest BCUT2D eigenvalue weighted by Gasteiger charge is -2.17. The molecule has 2 N–H and O–H groups in total. The van der Waals surface area contributed by atoms with Crippen molar-refractivity contribution in [2.24, 2.45) is 4.99 Å². The molecule has 0 bridgehead atoms. The molecule has 0 aromatic carbocycles. The van der Waals surface area contributed by atoms with Crippen LogP contribution in [-0.4, -0.2) is 39.4 Å². The molecule has 3 rings (SSSR count). The van der Waals surface area contributed by atoms with Gasteiger partial charge in [-0.2, -0.15) is 11.8 Å². The number of rotatable bonds is 5. The number of aliphatic imine (C=N–C) groups is 1. The topological polar surface area (TPSA) is 53.7 Å². The fourth-order valence-corrected chi connectivity index (χ4v) is 4.03. The fourth-order valence-electron chi connectivity index (χ4n) is 3.23. The van der Waals surface area contributed by atoms with Crippen LogP contribution >= 0.6 is 35.7 Å². The zero-order valence-electron chi connectivity index (χ0n) is 15.2. The molecule has 7 heteroatoms. The Hall–Kier alpha value is -0.960. The number of pyridine rings is 1. The number of nitrogens with one attached hydrogen (secondary N) is 2. The van der Waals surface area contributed by atoms with Crippen LogP contribution in [-0.2, 0) is 6.54 Å². The molecule has 0 saturated heterocycles. The van der Waals surface area contributed by atoms with Crippen LogP contribution in [0.4, 0.5) is 0 Å². The van der Waals surface area contributed by atoms with Crippen molar-refractivity contribution in [2.75, 3.05) is 12.8 Å². The van der Waals surface area contributed by atoms with Crippen molar-refractivity contribution < 1.29 is 0 Å². The summed E-state index contributed by atoms with van der Waals surface area (Å²) in [6, 6.07) is 6.70. The minimum Gasteiger partial charge on any atom is -0.357 e. The van der Waals surface area contributed by atoms with E-state index in [1.54, 1.807) is 0 Å². The second-order valence-electron chi connectivity index (χ2n) is 6.33. The number of hydrogen-bond acceptors (Lipinski definition) is 3. The number of thioether (sulfide) groups is 1. The molecule has 1 aliphatic carbocycles. The lowest BCUT2D eigenvalue weighted by atomic mass is 10.2. The predicted octanol–water partition coefficient (Wildman–Crippen LogP) is 3.60. The second-order valence-corrected chi connectivity index (χ2v) is 7.47. The minimum atomic E-state index is 0. The molecule has 138 valence electrons. The smallest absolute Gasteiger partial charge is 0.191 e. The Morgan fingerprint density at radius 1 is 1.40 bits per heavy atom. The third kappa shape index (κ3) is 5.26. The van der Waals surface area contributed by atoms with Gasteiger partial charge in [-0.3, -0.25) is 0 Å². The Labute approximate surface area is 171 Å². The zero-order chi connectivity index (χ0) is 16.9. The van der Waals surface area contributed by atoms with E-state index in [9.17, 15) is 0 Å². The van der Waals surface area contributed by atoms with Gasteiger partial charge in [0, 0.05) is 29.7 Å². The standard InChI is InChI=1S/C18H27N5S.HI/c1-4-19-18(22-14-8-9-16(10-14)24-3)20-11-15-12-23-13(2)6-5-7-17(23)21-15;/h5-7,12,14,16H,4,8-11H2,1-3H3,(H2,19,20,22);1H. The summed E-state index contributed by atoms with van der Waals surface area (Å²) in [5.74, 6) is 0.901. The van der Waals surface area contributed by atoms with Gasteiger partial charge in [-0.15, -0.1) is 24.0 Å². The number of guanidine groups is 1. The van der Waals surface area contributed by atoms with Crippen LogP contribution < -0.4 is 10.6 Å². The van der Waals surface area contributed by atoms with Gasteiger partial charge in [0.15, 0.2) is 5.96 Å². The Kier molecular flexibility index (Phi) is 7.86. The third-order valence-corrected chi connectivity index (χ3v) is 5.64. The largest absolute Gasteiger partial charge is 0.357 e. The van der Waals surface area contributed by atoms with Crippen LogP contribution in [0, 0.1) is 6.92 Å². The first kappa shape index (κ1) is 20.4. The Bertz CT molecular complexity index is 715. The van der Waals surface area contributed by atoms with Gasteiger partial charge in [-0.25, -0.2) is 9.98 Å². The molecular weight excluding hydrogens is 445 g/mol. The molecule has 0 spiro atoms. The van der Waals surface area contributed by atoms with Gasteiger partial charge < -0.3 is 15.0 Å². The number of hydrogen-bond donors (Lipinski definition) is 2. The summed E-state index contributed by atoms with van der Waals surface area (Å²) in [5.41, 5.74) is 3.17. The SMILES string of the molecule is CCNC(=NCc1cn2c(C)cccc2n1)NC1CCC(SC)C1.I. The van der Waals surface area contributed by atoms with E-state index >= 15 is 0 Å². The van der Waals surface area contributed by atoms with Crippen molar-refractivity contribution in [1.82, 2.24) is 20.0 Å². The van der Waals surface area contributed by atoms with Crippen LogP contribution in [0.2, 0.25) is 0 Å². The number of halogens is 1. The van der Waals surface area contributed by atoms with E-state index in [1.807, 2.05) is 23.9 Å². The van der Waals surface area contributed by atoms with E-state index in [2.05, 4.69) is 52.4 Å². The number of nitrogens with zero attached hydrogens (tertiary/aromatic N) is 3. The number of fused-ring (bicyclic) bond motifs is 1. The molecule has 2 aromatic rings. The summed E-state index contributed by atoms with van der Waals surface area (Å²) in [6.45, 7) is 5.66. The summed E-state index contributed by atoms with van der Waals surface area (Å²) >= 11 is 1.98. The van der Waals surface area contributed by atoms with Gasteiger partial charge in [0.05, 0.1) is 12.2 Å². The summed E-state index contributed by atoms with van der Waals surface area (Å²) in [6.07, 6.45) is 8.03. The molecule has 5 nitrogen and oxygen atoms in total. The van der Waals surface area contributed by atoms with Gasteiger partial charge in [0.1, 0.15) is 5.65 Å². The Morgan fingerprint density at radius 3 is 2.92 bits per heavy atom. The highest BCUT2D eigenvalue weighted by Crippen LogP contribution is 2.28. The molecule has 0 amide bonds. The summed E-state index contributed by atoms with van der Waals surface area (Å²) in [5, 5.41) is 7.73. The fraction of sp³-hybridized carbons (Fsp3) is 0.556. The minimum absolute atomic E-state index is 0. The molecule has 25 heavy (non-hydrogen) atoms. The van der Waals surface area contributed by atoms with E-state index < -0.39 is 0 Å². The van der Waals surface area contributed by atoms with Gasteiger partial charge >= 0.3 is 0 Å². The maximum Gasteiger partial charge on any atom is 0.191 e. The van der Waals surface area contributed by atoms with E-state index in [0.29, 0.717) is 12.6 Å². The van der Waals surface area contributed by atoms with Crippen molar-refractivity contribution in [3.8, 4) is 0 Å². The number of aryl methyl sites for hydroxylation is 1. The average molecular weight is 473 g/mol. The highest BCUT2D eigenvalue weighted by molar-refractivity contribution is 14.0. The normalized spacial score (nSPS) is 20.5. The molecular formula is C18H28IN5S. The van der Waals surface area contributed by atoms with Crippen LogP contribution in [0.25, 0.3) is 5.65 Å². The molecule has 2 heterocycles. The van der Waals surface area contributed by atoms with Gasteiger partial charge in [0.25, 0.3) is 0 Å². The highest BCUT2D eigenvalue weighted by atomic mass is 127. The Morgan fingerprint density at radius 2 is 2.24 bits per heavy atom. The van der Waals surface area contributed by atoms with E-state index in [1.165, 1.54) is 25.0 Å². The lowest BCUT2D eigenvalue weighted by Crippen LogP contribution is -2.42. The molecule has 2 atom stereocenters. The predicted molar refractivity (Wildman–Crippen MR) is 118 cm³/mol. The maximum absolute atomic E-state index is 4.73. The summed E-state index contributed by atoms with van der Waals surface area (Å²) in [4.78, 5) is 9.39. The summed E-state index contributed by atoms with van der Waals surface area (Å²) in [7, 11) is 0. The number of aromatic nitrogens is 2. The lowest BCUT2D eigenvalue weighted by molar-refractivity contribution is 0.615. The highest BCUT2D eigenvalue weighted by Gasteiger charge is 2.24. The zero-order valence-corrected chi connectivity index (χ0v) is 18.3. The van der Waals surface area contributed by atoms with Crippen molar-refractivity contribution in [2.45, 2.75) is 50.9 Å². The first-order chi connectivity index (χ1) is 11.7. The van der Waals surface area contributed by atoms with Gasteiger partial charge in [0.2, 0.25) is 0 Å². The van der Waals surface area contributed by atoms with Crippen LogP contribution in [0.1, 0.15) is 37.6 Å². The number of imidazole rings is 1. The molecule has 2 unspecified atom stereocenters. The van der Waals surface area contributed by atoms with Crippen LogP contribution in [0.5, 0.6) is 0 Å². The first-order valence-electron chi connectivity index (χ1n) is 8.70. The van der Waals surface area contributed by atoms with Crippen molar-refractivity contribution >= 4 is 47.3 Å². The average Bonchev–Trinajstić information content (AvgIpc) is 3.20. The molecule has 0 radical (unpaired) electrons. The van der Waals surface area contributed by atoms with E-state index in [-0.39, 0.29) is 24.0 Å². The monoisotopic (exact) mass is 473 g/mol. The van der Waals surface area contributed by atoms with Crippen molar-refractivity contribution in [3.63, 3.8) is 0 Å². The van der Waals surface area contributed by atoms with Crippen LogP contribution in [0.15, 0.2) is 29.4 Å². The maximum atomic E-state index is 4.73. The van der Waals surface area contributed by atoms with Gasteiger partial charge in [-0.05, 0) is 51.5 Å². The van der Waals surface area contributed by atoms with E-state index in [4.69, 9.17) is 4.99 Å². The second kappa shape index (κ2) is 9.66. The van der Waals surface area contributed by atoms with Crippen LogP contribution in [0.3, 0.4) is 0 Å².